The number of hydrogen-bond donors (Lipinski definition) is 0. The lowest BCUT2D eigenvalue weighted by Gasteiger charge is -2.19. The number of rotatable bonds is 8. The molecule has 1 aromatic carbocycles. The third-order valence-electron chi connectivity index (χ3n) is 6.34. The van der Waals surface area contributed by atoms with Crippen LogP contribution in [0, 0.1) is 23.7 Å². The Hall–Kier alpha value is -3.42. The van der Waals surface area contributed by atoms with Crippen molar-refractivity contribution in [1.29, 1.82) is 0 Å². The van der Waals surface area contributed by atoms with Crippen LogP contribution in [0.4, 0.5) is 0 Å². The molecular formula is C24H26N2O6. The van der Waals surface area contributed by atoms with Gasteiger partial charge in [0.2, 0.25) is 0 Å². The molecule has 0 aromatic heterocycles. The van der Waals surface area contributed by atoms with Gasteiger partial charge in [-0.3, -0.25) is 9.59 Å². The standard InChI is InChI=1S/C24H26N2O6/c1-5-6-17-9-14(10-18(30-3)21(17)32-13(2)24(29)31-4)12-25-26-22(27)19-15-7-8-16(11-15)20(19)23(26)28/h5,7-10,12-13,15-16,19-20H,1,6,11H2,2-4H3. The Labute approximate surface area is 186 Å². The average molecular weight is 438 g/mol. The van der Waals surface area contributed by atoms with E-state index in [1.807, 2.05) is 12.2 Å². The van der Waals surface area contributed by atoms with E-state index in [1.54, 1.807) is 25.1 Å². The van der Waals surface area contributed by atoms with Gasteiger partial charge in [-0.15, -0.1) is 6.58 Å². The summed E-state index contributed by atoms with van der Waals surface area (Å²) in [6.45, 7) is 5.35. The Kier molecular flexibility index (Phi) is 5.86. The molecular weight excluding hydrogens is 412 g/mol. The van der Waals surface area contributed by atoms with Gasteiger partial charge in [0, 0.05) is 5.56 Å². The highest BCUT2D eigenvalue weighted by Crippen LogP contribution is 2.52. The number of allylic oxidation sites excluding steroid dienone is 3. The molecule has 1 heterocycles. The minimum absolute atomic E-state index is 0.133. The molecule has 32 heavy (non-hydrogen) atoms. The van der Waals surface area contributed by atoms with Gasteiger partial charge in [0.1, 0.15) is 0 Å². The highest BCUT2D eigenvalue weighted by atomic mass is 16.6. The van der Waals surface area contributed by atoms with Crippen LogP contribution in [-0.4, -0.2) is 49.3 Å². The first-order valence-corrected chi connectivity index (χ1v) is 10.6. The minimum Gasteiger partial charge on any atom is -0.493 e. The zero-order chi connectivity index (χ0) is 23.0. The maximum Gasteiger partial charge on any atom is 0.346 e. The second-order valence-corrected chi connectivity index (χ2v) is 8.22. The van der Waals surface area contributed by atoms with Crippen LogP contribution >= 0.6 is 0 Å². The highest BCUT2D eigenvalue weighted by molar-refractivity contribution is 6.06. The molecule has 5 atom stereocenters. The fourth-order valence-electron chi connectivity index (χ4n) is 4.87. The molecule has 1 aliphatic heterocycles. The Bertz CT molecular complexity index is 1000. The van der Waals surface area contributed by atoms with Crippen molar-refractivity contribution < 1.29 is 28.6 Å². The summed E-state index contributed by atoms with van der Waals surface area (Å²) in [6.07, 6.45) is 7.74. The number of ether oxygens (including phenoxy) is 3. The topological polar surface area (TPSA) is 94.5 Å². The van der Waals surface area contributed by atoms with E-state index in [9.17, 15) is 14.4 Å². The lowest BCUT2D eigenvalue weighted by atomic mass is 9.85. The van der Waals surface area contributed by atoms with Crippen LogP contribution in [0.3, 0.4) is 0 Å². The zero-order valence-electron chi connectivity index (χ0n) is 18.3. The Morgan fingerprint density at radius 3 is 2.44 bits per heavy atom. The van der Waals surface area contributed by atoms with Crippen LogP contribution in [0.15, 0.2) is 42.0 Å². The molecule has 8 nitrogen and oxygen atoms in total. The van der Waals surface area contributed by atoms with Crippen LogP contribution in [0.2, 0.25) is 0 Å². The number of esters is 1. The smallest absolute Gasteiger partial charge is 0.346 e. The largest absolute Gasteiger partial charge is 0.493 e. The fourth-order valence-corrected chi connectivity index (χ4v) is 4.87. The first-order chi connectivity index (χ1) is 15.4. The Morgan fingerprint density at radius 1 is 1.22 bits per heavy atom. The van der Waals surface area contributed by atoms with Crippen molar-refractivity contribution in [2.24, 2.45) is 28.8 Å². The van der Waals surface area contributed by atoms with Crippen molar-refractivity contribution in [2.45, 2.75) is 25.9 Å². The number of hydrazone groups is 1. The third kappa shape index (κ3) is 3.59. The second-order valence-electron chi connectivity index (χ2n) is 8.22. The summed E-state index contributed by atoms with van der Waals surface area (Å²) < 4.78 is 16.0. The molecule has 2 fully saturated rings. The van der Waals surface area contributed by atoms with Gasteiger partial charge in [-0.1, -0.05) is 18.2 Å². The van der Waals surface area contributed by atoms with E-state index >= 15 is 0 Å². The molecule has 1 aromatic rings. The Morgan fingerprint density at radius 2 is 1.88 bits per heavy atom. The number of hydrogen-bond acceptors (Lipinski definition) is 7. The molecule has 0 radical (unpaired) electrons. The molecule has 1 saturated carbocycles. The van der Waals surface area contributed by atoms with Gasteiger partial charge < -0.3 is 14.2 Å². The van der Waals surface area contributed by atoms with Crippen molar-refractivity contribution in [3.05, 3.63) is 48.1 Å². The molecule has 2 amide bonds. The highest BCUT2D eigenvalue weighted by Gasteiger charge is 2.59. The minimum atomic E-state index is -0.833. The quantitative estimate of drug-likeness (QED) is 0.268. The summed E-state index contributed by atoms with van der Waals surface area (Å²) >= 11 is 0. The Balaban J connectivity index is 1.60. The second kappa shape index (κ2) is 8.61. The van der Waals surface area contributed by atoms with Crippen LogP contribution in [0.1, 0.15) is 24.5 Å². The summed E-state index contributed by atoms with van der Waals surface area (Å²) in [4.78, 5) is 37.4. The van der Waals surface area contributed by atoms with Crippen molar-refractivity contribution >= 4 is 24.0 Å². The number of fused-ring (bicyclic) bond motifs is 5. The summed E-state index contributed by atoms with van der Waals surface area (Å²) in [5.41, 5.74) is 1.34. The van der Waals surface area contributed by atoms with Crippen LogP contribution in [-0.2, 0) is 25.5 Å². The van der Waals surface area contributed by atoms with Gasteiger partial charge in [0.15, 0.2) is 17.6 Å². The lowest BCUT2D eigenvalue weighted by molar-refractivity contribution is -0.148. The van der Waals surface area contributed by atoms with E-state index in [0.717, 1.165) is 17.0 Å². The molecule has 168 valence electrons. The predicted octanol–water partition coefficient (Wildman–Crippen LogP) is 2.51. The summed E-state index contributed by atoms with van der Waals surface area (Å²) in [7, 11) is 2.78. The molecule has 2 bridgehead atoms. The molecule has 8 heteroatoms. The molecule has 0 N–H and O–H groups in total. The van der Waals surface area contributed by atoms with Crippen LogP contribution in [0.25, 0.3) is 0 Å². The average Bonchev–Trinajstić information content (AvgIpc) is 3.47. The van der Waals surface area contributed by atoms with Gasteiger partial charge in [-0.05, 0) is 49.3 Å². The van der Waals surface area contributed by atoms with Crippen LogP contribution in [0.5, 0.6) is 11.5 Å². The van der Waals surface area contributed by atoms with Crippen molar-refractivity contribution in [3.63, 3.8) is 0 Å². The molecule has 3 aliphatic rings. The number of amides is 2. The summed E-state index contributed by atoms with van der Waals surface area (Å²) in [5, 5.41) is 5.23. The third-order valence-corrected chi connectivity index (χ3v) is 6.34. The molecule has 2 aliphatic carbocycles. The van der Waals surface area contributed by atoms with Crippen molar-refractivity contribution in [3.8, 4) is 11.5 Å². The van der Waals surface area contributed by atoms with Crippen molar-refractivity contribution in [1.82, 2.24) is 5.01 Å². The number of carbonyl (C=O) groups is 3. The monoisotopic (exact) mass is 438 g/mol. The van der Waals surface area contributed by atoms with Crippen LogP contribution < -0.4 is 9.47 Å². The van der Waals surface area contributed by atoms with Crippen molar-refractivity contribution in [2.75, 3.05) is 14.2 Å². The van der Waals surface area contributed by atoms with E-state index in [1.165, 1.54) is 20.4 Å². The van der Waals surface area contributed by atoms with E-state index < -0.39 is 12.1 Å². The normalized spacial score (nSPS) is 26.5. The van der Waals surface area contributed by atoms with E-state index in [2.05, 4.69) is 11.7 Å². The van der Waals surface area contributed by atoms with E-state index in [-0.39, 0.29) is 35.5 Å². The maximum atomic E-state index is 12.8. The van der Waals surface area contributed by atoms with Gasteiger partial charge in [-0.25, -0.2) is 4.79 Å². The SMILES string of the molecule is C=CCc1cc(C=NN2C(=O)C3C4C=CC(C4)C3C2=O)cc(OC)c1OC(C)C(=O)OC. The maximum absolute atomic E-state index is 12.8. The van der Waals surface area contributed by atoms with Gasteiger partial charge in [-0.2, -0.15) is 10.1 Å². The molecule has 1 saturated heterocycles. The number of nitrogens with zero attached hydrogens (tertiary/aromatic N) is 2. The molecule has 5 unspecified atom stereocenters. The predicted molar refractivity (Wildman–Crippen MR) is 116 cm³/mol. The summed E-state index contributed by atoms with van der Waals surface area (Å²) in [6, 6.07) is 3.47. The summed E-state index contributed by atoms with van der Waals surface area (Å²) in [5.74, 6) is -0.526. The molecule has 0 spiro atoms. The first-order valence-electron chi connectivity index (χ1n) is 10.6. The van der Waals surface area contributed by atoms with Gasteiger partial charge in [0.25, 0.3) is 11.8 Å². The van der Waals surface area contributed by atoms with Gasteiger partial charge in [0.05, 0.1) is 32.3 Å². The lowest BCUT2D eigenvalue weighted by Crippen LogP contribution is -2.28. The molecule has 4 rings (SSSR count). The fraction of sp³-hybridized carbons (Fsp3) is 0.417. The number of carbonyl (C=O) groups excluding carboxylic acids is 3. The number of benzene rings is 1. The van der Waals surface area contributed by atoms with E-state index in [0.29, 0.717) is 23.5 Å². The number of methoxy groups -OCH3 is 2. The van der Waals surface area contributed by atoms with Gasteiger partial charge >= 0.3 is 5.97 Å². The zero-order valence-corrected chi connectivity index (χ0v) is 18.3. The van der Waals surface area contributed by atoms with E-state index in [4.69, 9.17) is 14.2 Å². The number of imide groups is 1. The first kappa shape index (κ1) is 21.8.